The minimum absolute atomic E-state index is 0.158. The van der Waals surface area contributed by atoms with E-state index in [-0.39, 0.29) is 12.1 Å². The third-order valence-corrected chi connectivity index (χ3v) is 4.94. The summed E-state index contributed by atoms with van der Waals surface area (Å²) in [5.74, 6) is 1.67. The Morgan fingerprint density at radius 1 is 1.25 bits per heavy atom. The molecule has 0 amide bonds. The van der Waals surface area contributed by atoms with Gasteiger partial charge < -0.3 is 13.8 Å². The largest absolute Gasteiger partial charge is 0.490 e. The van der Waals surface area contributed by atoms with Gasteiger partial charge in [0.2, 0.25) is 5.89 Å². The van der Waals surface area contributed by atoms with Crippen molar-refractivity contribution in [2.45, 2.75) is 31.9 Å². The predicted octanol–water partition coefficient (Wildman–Crippen LogP) is 3.17. The molecule has 1 aromatic carbocycles. The molecule has 0 saturated carbocycles. The highest BCUT2D eigenvalue weighted by molar-refractivity contribution is 5.86. The fourth-order valence-corrected chi connectivity index (χ4v) is 3.46. The summed E-state index contributed by atoms with van der Waals surface area (Å²) in [4.78, 5) is 6.53. The lowest BCUT2D eigenvalue weighted by Crippen LogP contribution is -2.39. The van der Waals surface area contributed by atoms with Crippen LogP contribution in [0.25, 0.3) is 10.9 Å². The number of hydrogen-bond donors (Lipinski definition) is 0. The van der Waals surface area contributed by atoms with Crippen LogP contribution in [0, 0.1) is 0 Å². The Kier molecular flexibility index (Phi) is 3.98. The number of benzene rings is 1. The summed E-state index contributed by atoms with van der Waals surface area (Å²) in [6.45, 7) is 4.05. The van der Waals surface area contributed by atoms with Crippen LogP contribution in [0.3, 0.4) is 0 Å². The van der Waals surface area contributed by atoms with Crippen molar-refractivity contribution in [3.63, 3.8) is 0 Å². The lowest BCUT2D eigenvalue weighted by Gasteiger charge is -2.34. The number of piperidine rings is 1. The van der Waals surface area contributed by atoms with Gasteiger partial charge in [-0.2, -0.15) is 4.98 Å². The van der Waals surface area contributed by atoms with E-state index in [1.54, 1.807) is 0 Å². The monoisotopic (exact) mass is 326 g/mol. The Bertz CT molecular complexity index is 804. The first-order chi connectivity index (χ1) is 11.7. The molecule has 1 aliphatic heterocycles. The average molecular weight is 326 g/mol. The summed E-state index contributed by atoms with van der Waals surface area (Å²) >= 11 is 0. The molecular weight excluding hydrogens is 304 g/mol. The van der Waals surface area contributed by atoms with E-state index in [1.807, 2.05) is 0 Å². The number of likely N-dealkylation sites (tertiary alicyclic amines) is 1. The van der Waals surface area contributed by atoms with Gasteiger partial charge in [-0.25, -0.2) is 0 Å². The molecule has 1 saturated heterocycles. The van der Waals surface area contributed by atoms with Gasteiger partial charge in [-0.1, -0.05) is 11.2 Å². The van der Waals surface area contributed by atoms with Crippen molar-refractivity contribution in [3.8, 4) is 5.75 Å². The number of aryl methyl sites for hydroxylation is 1. The van der Waals surface area contributed by atoms with Crippen LogP contribution in [0.5, 0.6) is 5.75 Å². The highest BCUT2D eigenvalue weighted by Crippen LogP contribution is 2.30. The van der Waals surface area contributed by atoms with E-state index >= 15 is 0 Å². The minimum Gasteiger partial charge on any atom is -0.490 e. The number of hydrogen-bond acceptors (Lipinski definition) is 5. The van der Waals surface area contributed by atoms with Crippen LogP contribution < -0.4 is 4.74 Å². The summed E-state index contributed by atoms with van der Waals surface area (Å²) in [5.41, 5.74) is 1.20. The average Bonchev–Trinajstić information content (AvgIpc) is 3.26. The third kappa shape index (κ3) is 2.78. The van der Waals surface area contributed by atoms with Gasteiger partial charge in [0.25, 0.3) is 0 Å². The summed E-state index contributed by atoms with van der Waals surface area (Å²) in [6.07, 6.45) is 5.79. The highest BCUT2D eigenvalue weighted by atomic mass is 16.5. The zero-order valence-electron chi connectivity index (χ0n) is 14.1. The van der Waals surface area contributed by atoms with Crippen molar-refractivity contribution in [2.24, 2.45) is 7.05 Å². The quantitative estimate of drug-likeness (QED) is 0.737. The van der Waals surface area contributed by atoms with Gasteiger partial charge in [0.1, 0.15) is 11.9 Å². The second-order valence-electron chi connectivity index (χ2n) is 6.42. The smallest absolute Gasteiger partial charge is 0.243 e. The fraction of sp³-hybridized carbons (Fsp3) is 0.444. The van der Waals surface area contributed by atoms with E-state index in [0.29, 0.717) is 5.89 Å². The molecule has 1 atom stereocenters. The van der Waals surface area contributed by atoms with Crippen molar-refractivity contribution in [2.75, 3.05) is 13.1 Å². The van der Waals surface area contributed by atoms with Crippen LogP contribution in [0.15, 0.2) is 41.3 Å². The Morgan fingerprint density at radius 3 is 2.83 bits per heavy atom. The number of ether oxygens (including phenoxy) is 1. The molecule has 1 aliphatic rings. The molecule has 6 heteroatoms. The molecule has 0 radical (unpaired) electrons. The standard InChI is InChI=1S/C18H22N4O2/c1-13(18-19-12-20-24-18)22-10-6-14(7-11-22)23-17-5-3-4-16-15(17)8-9-21(16)2/h3-5,8-9,12-14H,6-7,10-11H2,1-2H3. The van der Waals surface area contributed by atoms with Gasteiger partial charge in [-0.3, -0.25) is 4.90 Å². The van der Waals surface area contributed by atoms with Crippen LogP contribution in [0.4, 0.5) is 0 Å². The second-order valence-corrected chi connectivity index (χ2v) is 6.42. The molecule has 1 fully saturated rings. The first-order valence-electron chi connectivity index (χ1n) is 8.43. The number of aromatic nitrogens is 3. The zero-order valence-corrected chi connectivity index (χ0v) is 14.1. The minimum atomic E-state index is 0.158. The summed E-state index contributed by atoms with van der Waals surface area (Å²) < 4.78 is 13.6. The van der Waals surface area contributed by atoms with Gasteiger partial charge in [0, 0.05) is 31.7 Å². The molecule has 0 aliphatic carbocycles. The van der Waals surface area contributed by atoms with Gasteiger partial charge >= 0.3 is 0 Å². The molecule has 2 aromatic heterocycles. The van der Waals surface area contributed by atoms with Crippen molar-refractivity contribution < 1.29 is 9.26 Å². The zero-order chi connectivity index (χ0) is 16.5. The maximum atomic E-state index is 6.31. The number of rotatable bonds is 4. The van der Waals surface area contributed by atoms with Crippen molar-refractivity contribution in [3.05, 3.63) is 42.7 Å². The molecule has 6 nitrogen and oxygen atoms in total. The van der Waals surface area contributed by atoms with E-state index in [0.717, 1.165) is 31.7 Å². The first kappa shape index (κ1) is 15.2. The molecule has 0 N–H and O–H groups in total. The van der Waals surface area contributed by atoms with Crippen LogP contribution >= 0.6 is 0 Å². The van der Waals surface area contributed by atoms with Gasteiger partial charge in [0.15, 0.2) is 6.33 Å². The van der Waals surface area contributed by atoms with E-state index < -0.39 is 0 Å². The molecule has 0 bridgehead atoms. The van der Waals surface area contributed by atoms with E-state index in [2.05, 4.69) is 64.0 Å². The van der Waals surface area contributed by atoms with Gasteiger partial charge in [-0.15, -0.1) is 0 Å². The number of nitrogens with zero attached hydrogens (tertiary/aromatic N) is 4. The summed E-state index contributed by atoms with van der Waals surface area (Å²) in [6, 6.07) is 8.53. The maximum Gasteiger partial charge on any atom is 0.243 e. The SMILES string of the molecule is CC(c1ncno1)N1CCC(Oc2cccc3c2ccn3C)CC1. The molecular formula is C18H22N4O2. The summed E-state index contributed by atoms with van der Waals surface area (Å²) in [7, 11) is 2.06. The Hall–Kier alpha value is -2.34. The first-order valence-corrected chi connectivity index (χ1v) is 8.43. The maximum absolute atomic E-state index is 6.31. The number of fused-ring (bicyclic) bond motifs is 1. The summed E-state index contributed by atoms with van der Waals surface area (Å²) in [5, 5.41) is 4.88. The topological polar surface area (TPSA) is 56.3 Å². The van der Waals surface area contributed by atoms with Crippen molar-refractivity contribution in [1.82, 2.24) is 19.6 Å². The van der Waals surface area contributed by atoms with Crippen LogP contribution in [-0.2, 0) is 7.05 Å². The lowest BCUT2D eigenvalue weighted by molar-refractivity contribution is 0.0708. The lowest BCUT2D eigenvalue weighted by atomic mass is 10.1. The Morgan fingerprint density at radius 2 is 2.08 bits per heavy atom. The second kappa shape index (κ2) is 6.28. The molecule has 24 heavy (non-hydrogen) atoms. The van der Waals surface area contributed by atoms with Gasteiger partial charge in [0.05, 0.1) is 11.6 Å². The molecule has 126 valence electrons. The Labute approximate surface area is 141 Å². The predicted molar refractivity (Wildman–Crippen MR) is 90.9 cm³/mol. The highest BCUT2D eigenvalue weighted by Gasteiger charge is 2.27. The van der Waals surface area contributed by atoms with E-state index in [4.69, 9.17) is 9.26 Å². The van der Waals surface area contributed by atoms with Crippen LogP contribution in [-0.4, -0.2) is 38.8 Å². The normalized spacial score (nSPS) is 18.1. The van der Waals surface area contributed by atoms with Crippen LogP contribution in [0.1, 0.15) is 31.7 Å². The molecule has 3 aromatic rings. The Balaban J connectivity index is 1.41. The van der Waals surface area contributed by atoms with Crippen molar-refractivity contribution >= 4 is 10.9 Å². The molecule has 0 spiro atoms. The molecule has 3 heterocycles. The van der Waals surface area contributed by atoms with Crippen molar-refractivity contribution in [1.29, 1.82) is 0 Å². The van der Waals surface area contributed by atoms with Crippen LogP contribution in [0.2, 0.25) is 0 Å². The molecule has 4 rings (SSSR count). The third-order valence-electron chi connectivity index (χ3n) is 4.94. The van der Waals surface area contributed by atoms with E-state index in [9.17, 15) is 0 Å². The van der Waals surface area contributed by atoms with E-state index in [1.165, 1.54) is 17.2 Å². The molecule has 1 unspecified atom stereocenters. The van der Waals surface area contributed by atoms with Gasteiger partial charge in [-0.05, 0) is 38.0 Å². The fourth-order valence-electron chi connectivity index (χ4n) is 3.46.